The first kappa shape index (κ1) is 18.9. The number of aromatic nitrogens is 1. The molecule has 1 unspecified atom stereocenters. The number of benzene rings is 2. The molecule has 1 N–H and O–H groups in total. The summed E-state index contributed by atoms with van der Waals surface area (Å²) in [5, 5.41) is 6.84. The quantitative estimate of drug-likeness (QED) is 0.651. The molecule has 1 aromatic heterocycles. The van der Waals surface area contributed by atoms with Crippen LogP contribution in [0.25, 0.3) is 11.0 Å². The molecule has 0 spiro atoms. The molecule has 27 heavy (non-hydrogen) atoms. The molecule has 0 saturated heterocycles. The molecular weight excluding hydrogens is 370 g/mol. The number of carbonyl (C=O) groups is 1. The van der Waals surface area contributed by atoms with Crippen LogP contribution >= 0.6 is 0 Å². The summed E-state index contributed by atoms with van der Waals surface area (Å²) in [6, 6.07) is 9.97. The van der Waals surface area contributed by atoms with Crippen LogP contribution in [0.5, 0.6) is 5.75 Å². The molecule has 9 heteroatoms. The topological polar surface area (TPSA) is 108 Å². The minimum Gasteiger partial charge on any atom is -0.755 e. The maximum atomic E-state index is 12.1. The lowest BCUT2D eigenvalue weighted by Gasteiger charge is -2.26. The molecule has 0 aliphatic heterocycles. The maximum Gasteiger partial charge on any atom is 0.251 e. The summed E-state index contributed by atoms with van der Waals surface area (Å²) in [6.45, 7) is 1.96. The summed E-state index contributed by atoms with van der Waals surface area (Å²) >= 11 is -2.70. The summed E-state index contributed by atoms with van der Waals surface area (Å²) in [7, 11) is 2.97. The van der Waals surface area contributed by atoms with Crippen molar-refractivity contribution in [2.45, 2.75) is 13.3 Å². The van der Waals surface area contributed by atoms with E-state index in [1.165, 1.54) is 20.2 Å². The highest BCUT2D eigenvalue weighted by Gasteiger charge is 2.23. The normalized spacial score (nSPS) is 12.0. The SMILES string of the molecule is CCc1ccc(OC)c(N(c2noc3ccc(C(=O)NC)cc23)S(=O)[O-])c1. The van der Waals surface area contributed by atoms with Gasteiger partial charge in [0.15, 0.2) is 11.4 Å². The van der Waals surface area contributed by atoms with E-state index in [9.17, 15) is 13.6 Å². The third-order valence-corrected chi connectivity index (χ3v) is 4.82. The fourth-order valence-electron chi connectivity index (χ4n) is 2.74. The average molecular weight is 388 g/mol. The van der Waals surface area contributed by atoms with Crippen molar-refractivity contribution in [2.24, 2.45) is 0 Å². The van der Waals surface area contributed by atoms with Gasteiger partial charge in [0.05, 0.1) is 29.4 Å². The molecular formula is C18H18N3O5S-. The Hall–Kier alpha value is -2.91. The van der Waals surface area contributed by atoms with Gasteiger partial charge in [-0.25, -0.2) is 4.31 Å². The Morgan fingerprint density at radius 1 is 1.33 bits per heavy atom. The van der Waals surface area contributed by atoms with Gasteiger partial charge in [-0.15, -0.1) is 0 Å². The lowest BCUT2D eigenvalue weighted by atomic mass is 10.1. The van der Waals surface area contributed by atoms with Gasteiger partial charge in [-0.1, -0.05) is 18.1 Å². The molecule has 8 nitrogen and oxygen atoms in total. The summed E-state index contributed by atoms with van der Waals surface area (Å²) in [4.78, 5) is 11.9. The Kier molecular flexibility index (Phi) is 5.43. The Bertz CT molecular complexity index is 1020. The fraction of sp³-hybridized carbons (Fsp3) is 0.222. The van der Waals surface area contributed by atoms with Crippen LogP contribution in [0.1, 0.15) is 22.8 Å². The zero-order chi connectivity index (χ0) is 19.6. The number of hydrogen-bond acceptors (Lipinski definition) is 6. The first-order valence-corrected chi connectivity index (χ1v) is 9.21. The van der Waals surface area contributed by atoms with Crippen molar-refractivity contribution in [1.82, 2.24) is 10.5 Å². The van der Waals surface area contributed by atoms with E-state index in [1.807, 2.05) is 13.0 Å². The summed E-state index contributed by atoms with van der Waals surface area (Å²) < 4.78 is 35.8. The van der Waals surface area contributed by atoms with Crippen molar-refractivity contribution in [3.63, 3.8) is 0 Å². The number of anilines is 2. The van der Waals surface area contributed by atoms with Gasteiger partial charge in [0, 0.05) is 12.6 Å². The zero-order valence-electron chi connectivity index (χ0n) is 15.0. The second kappa shape index (κ2) is 7.77. The maximum absolute atomic E-state index is 12.1. The molecule has 1 heterocycles. The highest BCUT2D eigenvalue weighted by molar-refractivity contribution is 7.81. The molecule has 3 aromatic rings. The third kappa shape index (κ3) is 3.51. The number of fused-ring (bicyclic) bond motifs is 1. The Morgan fingerprint density at radius 3 is 2.74 bits per heavy atom. The predicted molar refractivity (Wildman–Crippen MR) is 101 cm³/mol. The Morgan fingerprint density at radius 2 is 2.11 bits per heavy atom. The third-order valence-electron chi connectivity index (χ3n) is 4.15. The van der Waals surface area contributed by atoms with Gasteiger partial charge in [0.2, 0.25) is 0 Å². The van der Waals surface area contributed by atoms with Crippen LogP contribution in [0.15, 0.2) is 40.9 Å². The van der Waals surface area contributed by atoms with E-state index in [0.29, 0.717) is 28.0 Å². The molecule has 0 saturated carbocycles. The molecule has 1 amide bonds. The van der Waals surface area contributed by atoms with Crippen molar-refractivity contribution in [3.05, 3.63) is 47.5 Å². The molecule has 0 aliphatic carbocycles. The standard InChI is InChI=1S/C18H19N3O5S/c1-4-11-5-7-16(25-3)14(9-11)21(27(23)24)17-13-10-12(18(22)19-2)6-8-15(13)26-20-17/h5-10H,4H2,1-3H3,(H,19,22)(H,23,24)/p-1. The van der Waals surface area contributed by atoms with Gasteiger partial charge in [-0.2, -0.15) is 0 Å². The first-order valence-electron chi connectivity index (χ1n) is 8.18. The number of nitrogens with zero attached hydrogens (tertiary/aromatic N) is 2. The van der Waals surface area contributed by atoms with Crippen molar-refractivity contribution in [2.75, 3.05) is 18.5 Å². The molecule has 142 valence electrons. The fourth-order valence-corrected chi connectivity index (χ4v) is 3.31. The first-order chi connectivity index (χ1) is 13.0. The van der Waals surface area contributed by atoms with E-state index >= 15 is 0 Å². The molecule has 0 aliphatic rings. The number of carbonyl (C=O) groups excluding carboxylic acids is 1. The summed E-state index contributed by atoms with van der Waals surface area (Å²) in [6.07, 6.45) is 0.719. The van der Waals surface area contributed by atoms with E-state index in [1.54, 1.807) is 24.3 Å². The van der Waals surface area contributed by atoms with Crippen molar-refractivity contribution < 1.29 is 22.8 Å². The smallest absolute Gasteiger partial charge is 0.251 e. The second-order valence-electron chi connectivity index (χ2n) is 5.67. The van der Waals surface area contributed by atoms with Gasteiger partial charge in [0.1, 0.15) is 5.75 Å². The van der Waals surface area contributed by atoms with Gasteiger partial charge in [0.25, 0.3) is 5.91 Å². The van der Waals surface area contributed by atoms with Crippen molar-refractivity contribution in [3.8, 4) is 5.75 Å². The van der Waals surface area contributed by atoms with Crippen LogP contribution in [0, 0.1) is 0 Å². The number of amides is 1. The molecule has 1 atom stereocenters. The lowest BCUT2D eigenvalue weighted by Crippen LogP contribution is -2.21. The molecule has 2 aromatic carbocycles. The number of ether oxygens (including phenoxy) is 1. The van der Waals surface area contributed by atoms with E-state index in [2.05, 4.69) is 10.5 Å². The molecule has 3 rings (SSSR count). The minimum atomic E-state index is -2.70. The van der Waals surface area contributed by atoms with Crippen LogP contribution in [-0.2, 0) is 17.7 Å². The van der Waals surface area contributed by atoms with Gasteiger partial charge in [-0.05, 0) is 42.3 Å². The van der Waals surface area contributed by atoms with Crippen molar-refractivity contribution in [1.29, 1.82) is 0 Å². The molecule has 0 fully saturated rings. The van der Waals surface area contributed by atoms with E-state index in [0.717, 1.165) is 16.3 Å². The monoisotopic (exact) mass is 388 g/mol. The lowest BCUT2D eigenvalue weighted by molar-refractivity contribution is 0.0963. The van der Waals surface area contributed by atoms with Gasteiger partial charge >= 0.3 is 0 Å². The number of methoxy groups -OCH3 is 1. The Labute approximate surface area is 158 Å². The van der Waals surface area contributed by atoms with Crippen LogP contribution in [0.4, 0.5) is 11.5 Å². The van der Waals surface area contributed by atoms with Crippen molar-refractivity contribution >= 4 is 39.6 Å². The van der Waals surface area contributed by atoms with E-state index in [-0.39, 0.29) is 11.7 Å². The zero-order valence-corrected chi connectivity index (χ0v) is 15.8. The molecule has 0 bridgehead atoms. The number of hydrogen-bond donors (Lipinski definition) is 1. The van der Waals surface area contributed by atoms with Gasteiger partial charge in [-0.3, -0.25) is 9.00 Å². The largest absolute Gasteiger partial charge is 0.755 e. The summed E-state index contributed by atoms with van der Waals surface area (Å²) in [5.74, 6) is 0.120. The average Bonchev–Trinajstić information content (AvgIpc) is 3.10. The highest BCUT2D eigenvalue weighted by atomic mass is 32.2. The number of aryl methyl sites for hydroxylation is 1. The second-order valence-corrected chi connectivity index (χ2v) is 6.47. The van der Waals surface area contributed by atoms with Crippen LogP contribution in [-0.4, -0.2) is 34.0 Å². The van der Waals surface area contributed by atoms with E-state index in [4.69, 9.17) is 9.26 Å². The number of nitrogens with one attached hydrogen (secondary N) is 1. The predicted octanol–water partition coefficient (Wildman–Crippen LogP) is 2.69. The van der Waals surface area contributed by atoms with Crippen LogP contribution in [0.2, 0.25) is 0 Å². The number of rotatable bonds is 6. The highest BCUT2D eigenvalue weighted by Crippen LogP contribution is 2.38. The molecule has 0 radical (unpaired) electrons. The summed E-state index contributed by atoms with van der Waals surface area (Å²) in [5.41, 5.74) is 1.96. The van der Waals surface area contributed by atoms with Gasteiger partial charge < -0.3 is 19.1 Å². The van der Waals surface area contributed by atoms with E-state index < -0.39 is 11.3 Å². The Balaban J connectivity index is 2.22. The van der Waals surface area contributed by atoms with Crippen LogP contribution < -0.4 is 14.4 Å². The minimum absolute atomic E-state index is 0.0515. The van der Waals surface area contributed by atoms with Crippen LogP contribution in [0.3, 0.4) is 0 Å².